The van der Waals surface area contributed by atoms with E-state index in [9.17, 15) is 27.6 Å². The van der Waals surface area contributed by atoms with Crippen LogP contribution in [0.15, 0.2) is 30.9 Å². The molecule has 1 saturated heterocycles. The summed E-state index contributed by atoms with van der Waals surface area (Å²) in [5.41, 5.74) is -0.422. The van der Waals surface area contributed by atoms with Gasteiger partial charge >= 0.3 is 6.09 Å². The summed E-state index contributed by atoms with van der Waals surface area (Å²) in [6.45, 7) is 7.98. The second kappa shape index (κ2) is 16.0. The zero-order valence-electron chi connectivity index (χ0n) is 33.3. The quantitative estimate of drug-likeness (QED) is 0.306. The number of carbonyl (C=O) groups is 4. The van der Waals surface area contributed by atoms with Gasteiger partial charge in [-0.05, 0) is 74.3 Å². The van der Waals surface area contributed by atoms with Gasteiger partial charge in [0.15, 0.2) is 0 Å². The maximum atomic E-state index is 14.9. The lowest BCUT2D eigenvalue weighted by molar-refractivity contribution is -0.142. The van der Waals surface area contributed by atoms with E-state index in [0.717, 1.165) is 37.7 Å². The number of fused-ring (bicyclic) bond motifs is 3. The van der Waals surface area contributed by atoms with Crippen LogP contribution in [0.2, 0.25) is 0 Å². The summed E-state index contributed by atoms with van der Waals surface area (Å²) in [7, 11) is -0.799. The Kier molecular flexibility index (Phi) is 11.4. The van der Waals surface area contributed by atoms with Crippen molar-refractivity contribution in [3.8, 4) is 17.4 Å². The second-order valence-electron chi connectivity index (χ2n) is 17.1. The van der Waals surface area contributed by atoms with Gasteiger partial charge < -0.3 is 34.5 Å². The predicted molar refractivity (Wildman–Crippen MR) is 210 cm³/mol. The van der Waals surface area contributed by atoms with E-state index in [1.165, 1.54) is 18.1 Å². The molecule has 0 radical (unpaired) electrons. The van der Waals surface area contributed by atoms with Gasteiger partial charge in [0.25, 0.3) is 5.91 Å². The Bertz CT molecular complexity index is 2030. The van der Waals surface area contributed by atoms with E-state index in [-0.39, 0.29) is 37.3 Å². The summed E-state index contributed by atoms with van der Waals surface area (Å²) in [5.74, 6) is -1.24. The van der Waals surface area contributed by atoms with Crippen molar-refractivity contribution in [3.63, 3.8) is 0 Å². The number of rotatable bonds is 9. The van der Waals surface area contributed by atoms with E-state index in [1.54, 1.807) is 13.2 Å². The maximum Gasteiger partial charge on any atom is 0.407 e. The number of aromatic nitrogens is 1. The van der Waals surface area contributed by atoms with Crippen molar-refractivity contribution in [1.29, 1.82) is 0 Å². The Hall–Kier alpha value is -4.60. The molecule has 310 valence electrons. The molecule has 7 rings (SSSR count). The monoisotopic (exact) mass is 809 g/mol. The third kappa shape index (κ3) is 8.65. The number of sulfonamides is 1. The van der Waals surface area contributed by atoms with Crippen molar-refractivity contribution in [2.24, 2.45) is 17.3 Å². The Morgan fingerprint density at radius 2 is 1.81 bits per heavy atom. The summed E-state index contributed by atoms with van der Waals surface area (Å²) >= 11 is 0. The maximum absolute atomic E-state index is 14.9. The molecule has 0 spiro atoms. The van der Waals surface area contributed by atoms with Crippen molar-refractivity contribution in [1.82, 2.24) is 25.2 Å². The van der Waals surface area contributed by atoms with Gasteiger partial charge in [-0.15, -0.1) is 6.58 Å². The molecule has 15 nitrogen and oxygen atoms in total. The third-order valence-corrected chi connectivity index (χ3v) is 14.1. The number of nitrogens with zero attached hydrogens (tertiary/aromatic N) is 2. The molecular formula is C41H55N5O10S. The molecular weight excluding hydrogens is 755 g/mol. The van der Waals surface area contributed by atoms with E-state index >= 15 is 0 Å². The molecule has 4 amide bonds. The Balaban J connectivity index is 1.26. The van der Waals surface area contributed by atoms with Crippen LogP contribution in [-0.2, 0) is 35.6 Å². The van der Waals surface area contributed by atoms with Crippen molar-refractivity contribution >= 4 is 44.7 Å². The molecule has 1 aromatic carbocycles. The molecule has 3 N–H and O–H groups in total. The molecule has 4 fully saturated rings. The predicted octanol–water partition coefficient (Wildman–Crippen LogP) is 4.31. The fourth-order valence-corrected chi connectivity index (χ4v) is 10.1. The summed E-state index contributed by atoms with van der Waals surface area (Å²) in [6, 6.07) is 3.40. The number of amides is 4. The highest BCUT2D eigenvalue weighted by molar-refractivity contribution is 7.91. The highest BCUT2D eigenvalue weighted by Gasteiger charge is 2.62. The molecule has 1 aromatic heterocycles. The molecule has 2 aromatic rings. The van der Waals surface area contributed by atoms with Crippen molar-refractivity contribution in [2.75, 3.05) is 27.4 Å². The van der Waals surface area contributed by atoms with Crippen molar-refractivity contribution in [2.45, 2.75) is 120 Å². The highest BCUT2D eigenvalue weighted by atomic mass is 32.2. The van der Waals surface area contributed by atoms with Gasteiger partial charge in [0.05, 0.1) is 38.1 Å². The van der Waals surface area contributed by atoms with Gasteiger partial charge in [-0.1, -0.05) is 39.2 Å². The van der Waals surface area contributed by atoms with Crippen LogP contribution in [0.1, 0.15) is 90.0 Å². The number of benzene rings is 1. The van der Waals surface area contributed by atoms with Gasteiger partial charge in [-0.2, -0.15) is 0 Å². The van der Waals surface area contributed by atoms with Crippen LogP contribution in [0.5, 0.6) is 17.4 Å². The van der Waals surface area contributed by atoms with Crippen LogP contribution in [0, 0.1) is 17.3 Å². The number of alkyl carbamates (subject to hydrolysis) is 1. The van der Waals surface area contributed by atoms with Crippen LogP contribution in [0.4, 0.5) is 4.79 Å². The van der Waals surface area contributed by atoms with Crippen LogP contribution in [0.25, 0.3) is 10.9 Å². The molecule has 5 aliphatic rings. The topological polar surface area (TPSA) is 192 Å². The molecule has 57 heavy (non-hydrogen) atoms. The van der Waals surface area contributed by atoms with Crippen LogP contribution >= 0.6 is 0 Å². The largest absolute Gasteiger partial charge is 0.496 e. The molecule has 3 saturated carbocycles. The number of hydrogen-bond donors (Lipinski definition) is 3. The molecule has 4 bridgehead atoms. The first-order valence-electron chi connectivity index (χ1n) is 20.1. The first kappa shape index (κ1) is 40.6. The normalized spacial score (nSPS) is 28.2. The second-order valence-corrected chi connectivity index (χ2v) is 19.1. The average Bonchev–Trinajstić information content (AvgIpc) is 4.12. The zero-order valence-corrected chi connectivity index (χ0v) is 34.1. The van der Waals surface area contributed by atoms with Crippen LogP contribution < -0.4 is 29.6 Å². The lowest BCUT2D eigenvalue weighted by atomic mass is 9.83. The summed E-state index contributed by atoms with van der Waals surface area (Å²) < 4.78 is 51.6. The molecule has 16 heteroatoms. The number of hydrogen-bond acceptors (Lipinski definition) is 11. The number of carbonyl (C=O) groups excluding carboxylic acids is 4. The van der Waals surface area contributed by atoms with E-state index in [4.69, 9.17) is 18.9 Å². The lowest BCUT2D eigenvalue weighted by Crippen LogP contribution is -2.59. The number of cyclic esters (lactones) is 1. The Labute approximate surface area is 334 Å². The van der Waals surface area contributed by atoms with Gasteiger partial charge in [-0.3, -0.25) is 19.1 Å². The average molecular weight is 810 g/mol. The van der Waals surface area contributed by atoms with Crippen LogP contribution in [-0.4, -0.2) is 98.5 Å². The number of ether oxygens (including phenoxy) is 4. The lowest BCUT2D eigenvalue weighted by Gasteiger charge is -2.35. The zero-order chi connectivity index (χ0) is 40.7. The summed E-state index contributed by atoms with van der Waals surface area (Å²) in [5, 5.41) is 5.81. The first-order valence-corrected chi connectivity index (χ1v) is 21.7. The van der Waals surface area contributed by atoms with Crippen LogP contribution in [0.3, 0.4) is 0 Å². The first-order chi connectivity index (χ1) is 27.2. The molecule has 3 aliphatic carbocycles. The molecule has 1 unspecified atom stereocenters. The minimum Gasteiger partial charge on any atom is -0.496 e. The Morgan fingerprint density at radius 3 is 2.47 bits per heavy atom. The highest BCUT2D eigenvalue weighted by Crippen LogP contribution is 2.46. The smallest absolute Gasteiger partial charge is 0.407 e. The number of methoxy groups -OCH3 is 2. The molecule has 3 heterocycles. The Morgan fingerprint density at radius 1 is 1.05 bits per heavy atom. The van der Waals surface area contributed by atoms with Gasteiger partial charge in [-0.25, -0.2) is 18.2 Å². The minimum atomic E-state index is -3.91. The van der Waals surface area contributed by atoms with Crippen molar-refractivity contribution < 1.29 is 46.5 Å². The molecule has 5 atom stereocenters. The van der Waals surface area contributed by atoms with E-state index in [2.05, 4.69) is 26.9 Å². The standard InChI is InChI=1S/C41H55N5O10S/c1-6-26-21-41(26,38(49)45-57(51,52)28-14-15-28)44-36(47)31-18-27-22-46(31)37(48)35(24-11-8-7-9-12-24)43-39(50)55-23-40(2,3)16-10-13-25-17-29-30(19-32(25)53-4)42-34(54-5)20-33(29)56-27/h6,17,19-20,24,26-28,31,35H,1,7-16,18,21-23H2,2-5H3,(H,43,50)(H,44,47)(H,45,49)/t26-,27-,31+,35+,41?/m1/s1. The fourth-order valence-electron chi connectivity index (χ4n) is 8.69. The minimum absolute atomic E-state index is 0.0147. The number of nitrogens with one attached hydrogen (secondary N) is 3. The third-order valence-electron chi connectivity index (χ3n) is 12.3. The van der Waals surface area contributed by atoms with E-state index < -0.39 is 68.7 Å². The number of aryl methyl sites for hydroxylation is 1. The van der Waals surface area contributed by atoms with E-state index in [1.807, 2.05) is 26.0 Å². The van der Waals surface area contributed by atoms with Crippen molar-refractivity contribution in [3.05, 3.63) is 36.4 Å². The summed E-state index contributed by atoms with van der Waals surface area (Å²) in [4.78, 5) is 62.6. The van der Waals surface area contributed by atoms with Gasteiger partial charge in [0, 0.05) is 29.9 Å². The van der Waals surface area contributed by atoms with Gasteiger partial charge in [0.2, 0.25) is 27.7 Å². The fraction of sp³-hybridized carbons (Fsp3) is 0.634. The summed E-state index contributed by atoms with van der Waals surface area (Å²) in [6.07, 6.45) is 7.61. The number of pyridine rings is 1. The van der Waals surface area contributed by atoms with E-state index in [0.29, 0.717) is 60.4 Å². The SMILES string of the molecule is C=C[C@@H]1CC1(NC(=O)[C@@H]1C[C@@H]2CN1C(=O)[C@H](C1CCCCC1)NC(=O)OCC(C)(C)CCCc1cc3c(cc(OC)nc3cc1OC)O2)C(=O)NS(=O)(=O)C1CC1. The van der Waals surface area contributed by atoms with Gasteiger partial charge in [0.1, 0.15) is 35.2 Å². The molecule has 2 aliphatic heterocycles.